The zero-order chi connectivity index (χ0) is 18.5. The number of carbonyl (C=O) groups excluding carboxylic acids is 1. The van der Waals surface area contributed by atoms with Crippen LogP contribution in [0.4, 0.5) is 20.2 Å². The van der Waals surface area contributed by atoms with Crippen molar-refractivity contribution in [2.24, 2.45) is 0 Å². The SMILES string of the molecule is Cc1cccc(CNc2ccnc(C(=O)Nc3ccc(F)cc3F)c2)c1. The normalized spacial score (nSPS) is 10.4. The number of anilines is 2. The van der Waals surface area contributed by atoms with Crippen molar-refractivity contribution in [3.8, 4) is 0 Å². The fraction of sp³-hybridized carbons (Fsp3) is 0.100. The second kappa shape index (κ2) is 7.74. The molecule has 0 saturated carbocycles. The number of benzene rings is 2. The molecule has 2 aromatic carbocycles. The van der Waals surface area contributed by atoms with Crippen LogP contribution in [0.25, 0.3) is 0 Å². The average molecular weight is 353 g/mol. The Hall–Kier alpha value is -3.28. The highest BCUT2D eigenvalue weighted by molar-refractivity contribution is 6.03. The van der Waals surface area contributed by atoms with Gasteiger partial charge in [0.05, 0.1) is 5.69 Å². The standard InChI is InChI=1S/C20H17F2N3O/c1-13-3-2-4-14(9-13)12-24-16-7-8-23-19(11-16)20(26)25-18-6-5-15(21)10-17(18)22/h2-11H,12H2,1H3,(H,23,24)(H,25,26). The maximum absolute atomic E-state index is 13.7. The Bertz CT molecular complexity index is 944. The predicted octanol–water partition coefficient (Wildman–Crippen LogP) is 4.53. The number of nitrogens with one attached hydrogen (secondary N) is 2. The van der Waals surface area contributed by atoms with E-state index in [0.29, 0.717) is 18.3 Å². The molecule has 0 bridgehead atoms. The molecule has 0 saturated heterocycles. The number of rotatable bonds is 5. The summed E-state index contributed by atoms with van der Waals surface area (Å²) in [6.07, 6.45) is 1.49. The quantitative estimate of drug-likeness (QED) is 0.708. The maximum Gasteiger partial charge on any atom is 0.274 e. The van der Waals surface area contributed by atoms with E-state index in [4.69, 9.17) is 0 Å². The lowest BCUT2D eigenvalue weighted by atomic mass is 10.1. The fourth-order valence-electron chi connectivity index (χ4n) is 2.47. The van der Waals surface area contributed by atoms with Gasteiger partial charge in [-0.2, -0.15) is 0 Å². The van der Waals surface area contributed by atoms with Crippen LogP contribution in [0.2, 0.25) is 0 Å². The lowest BCUT2D eigenvalue weighted by Gasteiger charge is -2.09. The van der Waals surface area contributed by atoms with Gasteiger partial charge in [0.1, 0.15) is 17.3 Å². The molecule has 26 heavy (non-hydrogen) atoms. The highest BCUT2D eigenvalue weighted by Crippen LogP contribution is 2.17. The zero-order valence-corrected chi connectivity index (χ0v) is 14.1. The van der Waals surface area contributed by atoms with Gasteiger partial charge in [0.25, 0.3) is 5.91 Å². The van der Waals surface area contributed by atoms with Gasteiger partial charge in [-0.15, -0.1) is 0 Å². The first-order valence-electron chi connectivity index (χ1n) is 8.03. The summed E-state index contributed by atoms with van der Waals surface area (Å²) >= 11 is 0. The van der Waals surface area contributed by atoms with Crippen LogP contribution >= 0.6 is 0 Å². The number of carbonyl (C=O) groups is 1. The topological polar surface area (TPSA) is 54.0 Å². The lowest BCUT2D eigenvalue weighted by molar-refractivity contribution is 0.102. The highest BCUT2D eigenvalue weighted by atomic mass is 19.1. The van der Waals surface area contributed by atoms with Crippen molar-refractivity contribution in [2.45, 2.75) is 13.5 Å². The Morgan fingerprint density at radius 3 is 2.69 bits per heavy atom. The second-order valence-electron chi connectivity index (χ2n) is 5.85. The monoisotopic (exact) mass is 353 g/mol. The molecule has 6 heteroatoms. The van der Waals surface area contributed by atoms with Crippen molar-refractivity contribution in [1.29, 1.82) is 0 Å². The third-order valence-electron chi connectivity index (χ3n) is 3.75. The molecule has 1 heterocycles. The Morgan fingerprint density at radius 1 is 1.08 bits per heavy atom. The molecule has 0 fully saturated rings. The molecule has 1 amide bonds. The van der Waals surface area contributed by atoms with Crippen LogP contribution in [0.5, 0.6) is 0 Å². The first-order chi connectivity index (χ1) is 12.5. The lowest BCUT2D eigenvalue weighted by Crippen LogP contribution is -2.15. The summed E-state index contributed by atoms with van der Waals surface area (Å²) in [7, 11) is 0. The number of hydrogen-bond donors (Lipinski definition) is 2. The van der Waals surface area contributed by atoms with E-state index in [2.05, 4.69) is 21.7 Å². The number of pyridine rings is 1. The van der Waals surface area contributed by atoms with Crippen LogP contribution < -0.4 is 10.6 Å². The molecule has 2 N–H and O–H groups in total. The van der Waals surface area contributed by atoms with Crippen LogP contribution in [-0.4, -0.2) is 10.9 Å². The fourth-order valence-corrected chi connectivity index (χ4v) is 2.47. The van der Waals surface area contributed by atoms with Crippen molar-refractivity contribution in [3.63, 3.8) is 0 Å². The van der Waals surface area contributed by atoms with Gasteiger partial charge >= 0.3 is 0 Å². The summed E-state index contributed by atoms with van der Waals surface area (Å²) < 4.78 is 26.6. The molecule has 0 aliphatic heterocycles. The number of amides is 1. The first-order valence-corrected chi connectivity index (χ1v) is 8.03. The van der Waals surface area contributed by atoms with Gasteiger partial charge in [-0.3, -0.25) is 9.78 Å². The molecule has 0 spiro atoms. The van der Waals surface area contributed by atoms with Crippen LogP contribution in [-0.2, 0) is 6.54 Å². The van der Waals surface area contributed by atoms with Gasteiger partial charge < -0.3 is 10.6 Å². The van der Waals surface area contributed by atoms with Crippen molar-refractivity contribution >= 4 is 17.3 Å². The number of halogens is 2. The highest BCUT2D eigenvalue weighted by Gasteiger charge is 2.12. The van der Waals surface area contributed by atoms with E-state index in [1.54, 1.807) is 12.1 Å². The number of nitrogens with zero attached hydrogens (tertiary/aromatic N) is 1. The average Bonchev–Trinajstić information content (AvgIpc) is 2.62. The largest absolute Gasteiger partial charge is 0.381 e. The molecular formula is C20H17F2N3O. The molecule has 132 valence electrons. The molecule has 1 aromatic heterocycles. The predicted molar refractivity (Wildman–Crippen MR) is 97.1 cm³/mol. The Morgan fingerprint density at radius 2 is 1.92 bits per heavy atom. The van der Waals surface area contributed by atoms with Gasteiger partial charge in [0.2, 0.25) is 0 Å². The Kier molecular flexibility index (Phi) is 5.22. The number of aromatic nitrogens is 1. The smallest absolute Gasteiger partial charge is 0.274 e. The van der Waals surface area contributed by atoms with Crippen LogP contribution in [0.3, 0.4) is 0 Å². The van der Waals surface area contributed by atoms with E-state index in [1.165, 1.54) is 17.8 Å². The summed E-state index contributed by atoms with van der Waals surface area (Å²) in [5, 5.41) is 5.61. The van der Waals surface area contributed by atoms with E-state index >= 15 is 0 Å². The summed E-state index contributed by atoms with van der Waals surface area (Å²) in [4.78, 5) is 16.3. The number of aryl methyl sites for hydroxylation is 1. The number of hydrogen-bond acceptors (Lipinski definition) is 3. The Labute approximate surface area is 149 Å². The van der Waals surface area contributed by atoms with E-state index in [1.807, 2.05) is 25.1 Å². The minimum Gasteiger partial charge on any atom is -0.381 e. The van der Waals surface area contributed by atoms with Gasteiger partial charge in [-0.1, -0.05) is 29.8 Å². The molecule has 0 aliphatic carbocycles. The molecule has 3 aromatic rings. The molecule has 0 aliphatic rings. The van der Waals surface area contributed by atoms with E-state index in [0.717, 1.165) is 11.6 Å². The third-order valence-corrected chi connectivity index (χ3v) is 3.75. The second-order valence-corrected chi connectivity index (χ2v) is 5.85. The maximum atomic E-state index is 13.7. The summed E-state index contributed by atoms with van der Waals surface area (Å²) in [6, 6.07) is 14.3. The third kappa shape index (κ3) is 4.42. The zero-order valence-electron chi connectivity index (χ0n) is 14.1. The van der Waals surface area contributed by atoms with Crippen molar-refractivity contribution in [3.05, 3.63) is 89.2 Å². The van der Waals surface area contributed by atoms with Crippen LogP contribution in [0.15, 0.2) is 60.8 Å². The van der Waals surface area contributed by atoms with E-state index in [-0.39, 0.29) is 11.4 Å². The Balaban J connectivity index is 1.69. The van der Waals surface area contributed by atoms with Gasteiger partial charge in [0, 0.05) is 24.5 Å². The van der Waals surface area contributed by atoms with Crippen molar-refractivity contribution in [1.82, 2.24) is 4.98 Å². The van der Waals surface area contributed by atoms with Crippen molar-refractivity contribution < 1.29 is 13.6 Å². The summed E-state index contributed by atoms with van der Waals surface area (Å²) in [5.41, 5.74) is 3.02. The first kappa shape index (κ1) is 17.5. The molecule has 0 unspecified atom stereocenters. The van der Waals surface area contributed by atoms with Gasteiger partial charge in [-0.05, 0) is 36.8 Å². The molecule has 0 atom stereocenters. The van der Waals surface area contributed by atoms with Crippen LogP contribution in [0, 0.1) is 18.6 Å². The molecule has 3 rings (SSSR count). The summed E-state index contributed by atoms with van der Waals surface area (Å²) in [6.45, 7) is 2.62. The van der Waals surface area contributed by atoms with Crippen molar-refractivity contribution in [2.75, 3.05) is 10.6 Å². The molecule has 4 nitrogen and oxygen atoms in total. The van der Waals surface area contributed by atoms with Gasteiger partial charge in [0.15, 0.2) is 0 Å². The van der Waals surface area contributed by atoms with Gasteiger partial charge in [-0.25, -0.2) is 8.78 Å². The summed E-state index contributed by atoms with van der Waals surface area (Å²) in [5.74, 6) is -2.12. The minimum atomic E-state index is -0.841. The molecule has 0 radical (unpaired) electrons. The molecular weight excluding hydrogens is 336 g/mol. The van der Waals surface area contributed by atoms with E-state index < -0.39 is 17.5 Å². The van der Waals surface area contributed by atoms with E-state index in [9.17, 15) is 13.6 Å². The minimum absolute atomic E-state index is 0.101. The van der Waals surface area contributed by atoms with Crippen LogP contribution in [0.1, 0.15) is 21.6 Å².